The molecule has 0 radical (unpaired) electrons. The number of benzene rings is 1. The Morgan fingerprint density at radius 3 is 2.90 bits per heavy atom. The van der Waals surface area contributed by atoms with Crippen molar-refractivity contribution in [3.05, 3.63) is 46.4 Å². The summed E-state index contributed by atoms with van der Waals surface area (Å²) in [4.78, 5) is 17.3. The van der Waals surface area contributed by atoms with Crippen molar-refractivity contribution in [1.29, 1.82) is 0 Å². The van der Waals surface area contributed by atoms with E-state index in [1.807, 2.05) is 18.2 Å². The van der Waals surface area contributed by atoms with Crippen molar-refractivity contribution in [3.8, 4) is 0 Å². The van der Waals surface area contributed by atoms with Crippen molar-refractivity contribution >= 4 is 29.0 Å². The Morgan fingerprint density at radius 2 is 2.15 bits per heavy atom. The van der Waals surface area contributed by atoms with Gasteiger partial charge in [-0.25, -0.2) is 4.98 Å². The zero-order chi connectivity index (χ0) is 14.2. The van der Waals surface area contributed by atoms with Crippen LogP contribution in [0.2, 0.25) is 0 Å². The summed E-state index contributed by atoms with van der Waals surface area (Å²) in [5.74, 6) is 0.730. The van der Waals surface area contributed by atoms with Gasteiger partial charge in [-0.05, 0) is 18.7 Å². The minimum Gasteiger partial charge on any atom is -0.350 e. The first kappa shape index (κ1) is 15.0. The maximum Gasteiger partial charge on any atom is 0.270 e. The summed E-state index contributed by atoms with van der Waals surface area (Å²) in [5.41, 5.74) is 5.95. The Balaban J connectivity index is 1.72. The third-order valence-corrected chi connectivity index (χ3v) is 4.46. The molecule has 0 atom stereocenters. The van der Waals surface area contributed by atoms with Crippen molar-refractivity contribution in [2.45, 2.75) is 11.3 Å². The minimum atomic E-state index is -0.113. The molecular formula is C14H17N3OS2. The van der Waals surface area contributed by atoms with Crippen LogP contribution in [0.25, 0.3) is 0 Å². The third kappa shape index (κ3) is 4.63. The Kier molecular flexibility index (Phi) is 6.04. The summed E-state index contributed by atoms with van der Waals surface area (Å²) in [6.07, 6.45) is 0.724. The van der Waals surface area contributed by atoms with Crippen molar-refractivity contribution in [2.24, 2.45) is 5.73 Å². The van der Waals surface area contributed by atoms with E-state index in [9.17, 15) is 4.79 Å². The number of nitrogens with two attached hydrogens (primary N) is 1. The highest BCUT2D eigenvalue weighted by Gasteiger charge is 2.09. The Labute approximate surface area is 126 Å². The van der Waals surface area contributed by atoms with Crippen molar-refractivity contribution in [1.82, 2.24) is 10.3 Å². The quantitative estimate of drug-likeness (QED) is 0.607. The van der Waals surface area contributed by atoms with Gasteiger partial charge < -0.3 is 11.1 Å². The number of aromatic nitrogens is 1. The van der Waals surface area contributed by atoms with E-state index in [1.54, 1.807) is 17.1 Å². The van der Waals surface area contributed by atoms with Crippen LogP contribution in [0.15, 0.2) is 40.6 Å². The van der Waals surface area contributed by atoms with E-state index >= 15 is 0 Å². The first-order valence-electron chi connectivity index (χ1n) is 6.40. The summed E-state index contributed by atoms with van der Waals surface area (Å²) >= 11 is 3.20. The first-order chi connectivity index (χ1) is 9.79. The summed E-state index contributed by atoms with van der Waals surface area (Å²) in [6.45, 7) is 1.18. The fourth-order valence-corrected chi connectivity index (χ4v) is 3.18. The molecule has 0 bridgehead atoms. The third-order valence-electron chi connectivity index (χ3n) is 2.54. The van der Waals surface area contributed by atoms with Gasteiger partial charge in [-0.15, -0.1) is 23.1 Å². The lowest BCUT2D eigenvalue weighted by molar-refractivity contribution is 0.0951. The molecular weight excluding hydrogens is 290 g/mol. The van der Waals surface area contributed by atoms with Gasteiger partial charge in [-0.3, -0.25) is 4.79 Å². The van der Waals surface area contributed by atoms with Crippen LogP contribution in [0.5, 0.6) is 0 Å². The lowest BCUT2D eigenvalue weighted by Gasteiger charge is -2.03. The number of hydrogen-bond donors (Lipinski definition) is 2. The fraction of sp³-hybridized carbons (Fsp3) is 0.286. The standard InChI is InChI=1S/C14H17N3OS2/c15-7-6-13-17-12(10-20-13)14(18)16-8-9-19-11-4-2-1-3-5-11/h1-5,10H,6-9,15H2,(H,16,18). The highest BCUT2D eigenvalue weighted by molar-refractivity contribution is 7.99. The molecule has 1 aromatic carbocycles. The van der Waals surface area contributed by atoms with Crippen molar-refractivity contribution in [3.63, 3.8) is 0 Å². The van der Waals surface area contributed by atoms with Gasteiger partial charge >= 0.3 is 0 Å². The molecule has 0 aliphatic rings. The number of nitrogens with one attached hydrogen (secondary N) is 1. The molecule has 1 heterocycles. The number of thiazole rings is 1. The minimum absolute atomic E-state index is 0.113. The molecule has 3 N–H and O–H groups in total. The van der Waals surface area contributed by atoms with Gasteiger partial charge in [0.1, 0.15) is 5.69 Å². The van der Waals surface area contributed by atoms with E-state index in [2.05, 4.69) is 22.4 Å². The Morgan fingerprint density at radius 1 is 1.35 bits per heavy atom. The lowest BCUT2D eigenvalue weighted by Crippen LogP contribution is -2.26. The number of hydrogen-bond acceptors (Lipinski definition) is 5. The van der Waals surface area contributed by atoms with Crippen LogP contribution in [0.4, 0.5) is 0 Å². The van der Waals surface area contributed by atoms with Gasteiger partial charge in [0.25, 0.3) is 5.91 Å². The lowest BCUT2D eigenvalue weighted by atomic mass is 10.4. The molecule has 0 spiro atoms. The van der Waals surface area contributed by atoms with Gasteiger partial charge in [0.2, 0.25) is 0 Å². The van der Waals surface area contributed by atoms with Crippen LogP contribution in [0, 0.1) is 0 Å². The van der Waals surface area contributed by atoms with E-state index in [0.29, 0.717) is 18.8 Å². The monoisotopic (exact) mass is 307 g/mol. The van der Waals surface area contributed by atoms with Crippen LogP contribution in [0.3, 0.4) is 0 Å². The first-order valence-corrected chi connectivity index (χ1v) is 8.26. The molecule has 4 nitrogen and oxygen atoms in total. The second-order valence-corrected chi connectivity index (χ2v) is 6.19. The van der Waals surface area contributed by atoms with Gasteiger partial charge in [0.15, 0.2) is 0 Å². The summed E-state index contributed by atoms with van der Waals surface area (Å²) in [6, 6.07) is 10.1. The molecule has 2 rings (SSSR count). The molecule has 2 aromatic rings. The molecule has 0 saturated heterocycles. The number of nitrogens with zero attached hydrogens (tertiary/aromatic N) is 1. The topological polar surface area (TPSA) is 68.0 Å². The SMILES string of the molecule is NCCc1nc(C(=O)NCCSc2ccccc2)cs1. The largest absolute Gasteiger partial charge is 0.350 e. The molecule has 0 fully saturated rings. The van der Waals surface area contributed by atoms with E-state index in [-0.39, 0.29) is 5.91 Å². The number of rotatable bonds is 7. The molecule has 106 valence electrons. The van der Waals surface area contributed by atoms with Crippen LogP contribution >= 0.6 is 23.1 Å². The summed E-state index contributed by atoms with van der Waals surface area (Å²) in [5, 5.41) is 5.57. The number of carbonyl (C=O) groups is 1. The van der Waals surface area contributed by atoms with Gasteiger partial charge in [-0.1, -0.05) is 18.2 Å². The van der Waals surface area contributed by atoms with Gasteiger partial charge in [-0.2, -0.15) is 0 Å². The van der Waals surface area contributed by atoms with Crippen LogP contribution in [-0.2, 0) is 6.42 Å². The van der Waals surface area contributed by atoms with E-state index < -0.39 is 0 Å². The zero-order valence-electron chi connectivity index (χ0n) is 11.0. The molecule has 0 saturated carbocycles. The number of carbonyl (C=O) groups excluding carboxylic acids is 1. The maximum atomic E-state index is 11.9. The molecule has 1 amide bonds. The molecule has 0 unspecified atom stereocenters. The predicted molar refractivity (Wildman–Crippen MR) is 84.4 cm³/mol. The average Bonchev–Trinajstić information content (AvgIpc) is 2.94. The van der Waals surface area contributed by atoms with E-state index in [0.717, 1.165) is 17.2 Å². The zero-order valence-corrected chi connectivity index (χ0v) is 12.7. The molecule has 0 aliphatic heterocycles. The number of amides is 1. The van der Waals surface area contributed by atoms with E-state index in [1.165, 1.54) is 16.2 Å². The van der Waals surface area contributed by atoms with Crippen LogP contribution in [-0.4, -0.2) is 29.7 Å². The van der Waals surface area contributed by atoms with E-state index in [4.69, 9.17) is 5.73 Å². The molecule has 1 aromatic heterocycles. The second kappa shape index (κ2) is 8.04. The van der Waals surface area contributed by atoms with Crippen molar-refractivity contribution in [2.75, 3.05) is 18.8 Å². The Hall–Kier alpha value is -1.37. The maximum absolute atomic E-state index is 11.9. The molecule has 0 aliphatic carbocycles. The second-order valence-electron chi connectivity index (χ2n) is 4.08. The Bertz CT molecular complexity index is 542. The number of thioether (sulfide) groups is 1. The van der Waals surface area contributed by atoms with Gasteiger partial charge in [0.05, 0.1) is 5.01 Å². The normalized spacial score (nSPS) is 10.4. The van der Waals surface area contributed by atoms with Crippen LogP contribution in [0.1, 0.15) is 15.5 Å². The summed E-state index contributed by atoms with van der Waals surface area (Å²) < 4.78 is 0. The highest BCUT2D eigenvalue weighted by Crippen LogP contribution is 2.16. The van der Waals surface area contributed by atoms with Gasteiger partial charge in [0, 0.05) is 29.0 Å². The average molecular weight is 307 g/mol. The van der Waals surface area contributed by atoms with Crippen molar-refractivity contribution < 1.29 is 4.79 Å². The molecule has 20 heavy (non-hydrogen) atoms. The fourth-order valence-electron chi connectivity index (χ4n) is 1.59. The molecule has 6 heteroatoms. The highest BCUT2D eigenvalue weighted by atomic mass is 32.2. The predicted octanol–water partition coefficient (Wildman–Crippen LogP) is 2.17. The summed E-state index contributed by atoms with van der Waals surface area (Å²) in [7, 11) is 0. The van der Waals surface area contributed by atoms with Crippen LogP contribution < -0.4 is 11.1 Å². The smallest absolute Gasteiger partial charge is 0.270 e.